The van der Waals surface area contributed by atoms with E-state index in [0.717, 1.165) is 5.69 Å². The Labute approximate surface area is 165 Å². The molecule has 0 aliphatic carbocycles. The van der Waals surface area contributed by atoms with Gasteiger partial charge in [-0.3, -0.25) is 4.98 Å². The molecule has 0 amide bonds. The summed E-state index contributed by atoms with van der Waals surface area (Å²) >= 11 is 0. The highest BCUT2D eigenvalue weighted by Crippen LogP contribution is 2.42. The van der Waals surface area contributed by atoms with E-state index in [4.69, 9.17) is 4.74 Å². The van der Waals surface area contributed by atoms with Gasteiger partial charge in [0.25, 0.3) is 0 Å². The van der Waals surface area contributed by atoms with Crippen molar-refractivity contribution >= 4 is 16.6 Å². The highest BCUT2D eigenvalue weighted by Gasteiger charge is 2.59. The van der Waals surface area contributed by atoms with Crippen molar-refractivity contribution < 1.29 is 28.1 Å². The number of pyridine rings is 1. The molecule has 0 spiro atoms. The number of hydrogen-bond donors (Lipinski definition) is 3. The minimum atomic E-state index is -5.08. The van der Waals surface area contributed by atoms with Crippen LogP contribution in [-0.2, 0) is 0 Å². The summed E-state index contributed by atoms with van der Waals surface area (Å²) < 4.78 is 46.4. The predicted molar refractivity (Wildman–Crippen MR) is 104 cm³/mol. The van der Waals surface area contributed by atoms with Crippen LogP contribution in [0.25, 0.3) is 10.9 Å². The second kappa shape index (κ2) is 7.88. The van der Waals surface area contributed by atoms with Gasteiger partial charge in [-0.15, -0.1) is 0 Å². The van der Waals surface area contributed by atoms with E-state index in [9.17, 15) is 23.4 Å². The molecule has 0 saturated carbocycles. The zero-order chi connectivity index (χ0) is 21.2. The van der Waals surface area contributed by atoms with Crippen LogP contribution >= 0.6 is 0 Å². The second-order valence-electron chi connectivity index (χ2n) is 6.76. The number of alkyl halides is 3. The first kappa shape index (κ1) is 20.9. The Morgan fingerprint density at radius 1 is 1.07 bits per heavy atom. The third-order valence-electron chi connectivity index (χ3n) is 4.83. The van der Waals surface area contributed by atoms with Crippen molar-refractivity contribution in [2.24, 2.45) is 0 Å². The Morgan fingerprint density at radius 2 is 1.76 bits per heavy atom. The molecule has 2 unspecified atom stereocenters. The number of fused-ring (bicyclic) bond motifs is 1. The van der Waals surface area contributed by atoms with Gasteiger partial charge in [-0.1, -0.05) is 18.2 Å². The average molecular weight is 406 g/mol. The molecular weight excluding hydrogens is 385 g/mol. The van der Waals surface area contributed by atoms with Gasteiger partial charge in [0.15, 0.2) is 0 Å². The number of nitrogens with one attached hydrogen (secondary N) is 1. The number of aliphatic hydroxyl groups excluding tert-OH is 1. The Kier molecular flexibility index (Phi) is 5.68. The molecule has 0 fully saturated rings. The first-order valence-corrected chi connectivity index (χ1v) is 8.86. The lowest BCUT2D eigenvalue weighted by atomic mass is 9.87. The van der Waals surface area contributed by atoms with Gasteiger partial charge in [0.2, 0.25) is 5.60 Å². The van der Waals surface area contributed by atoms with Crippen LogP contribution in [0.5, 0.6) is 5.75 Å². The topological polar surface area (TPSA) is 74.6 Å². The zero-order valence-corrected chi connectivity index (χ0v) is 15.9. The molecule has 0 bridgehead atoms. The van der Waals surface area contributed by atoms with E-state index in [0.29, 0.717) is 22.3 Å². The maximum absolute atomic E-state index is 13.8. The van der Waals surface area contributed by atoms with E-state index in [2.05, 4.69) is 10.3 Å². The molecule has 1 heterocycles. The summed E-state index contributed by atoms with van der Waals surface area (Å²) in [6.45, 7) is 0.302. The number of hydrogen-bond acceptors (Lipinski definition) is 5. The molecule has 2 aromatic carbocycles. The fraction of sp³-hybridized carbons (Fsp3) is 0.286. The molecule has 3 aromatic rings. The third kappa shape index (κ3) is 3.99. The lowest BCUT2D eigenvalue weighted by Gasteiger charge is -2.37. The predicted octanol–water partition coefficient (Wildman–Crippen LogP) is 3.99. The van der Waals surface area contributed by atoms with Crippen LogP contribution in [0.3, 0.4) is 0 Å². The van der Waals surface area contributed by atoms with Crippen molar-refractivity contribution in [3.05, 3.63) is 65.9 Å². The first-order valence-electron chi connectivity index (χ1n) is 8.86. The second-order valence-corrected chi connectivity index (χ2v) is 6.76. The number of anilines is 1. The summed E-state index contributed by atoms with van der Waals surface area (Å²) in [4.78, 5) is 4.38. The molecule has 3 N–H and O–H groups in total. The van der Waals surface area contributed by atoms with Crippen molar-refractivity contribution in [3.8, 4) is 5.75 Å². The van der Waals surface area contributed by atoms with Crippen LogP contribution in [0, 0.1) is 6.92 Å². The molecule has 1 aromatic heterocycles. The van der Waals surface area contributed by atoms with Crippen LogP contribution in [0.2, 0.25) is 0 Å². The standard InChI is InChI=1S/C21H21F3N2O3/c1-13-6-11-16-17(25-13)4-3-5-18(16)26-19(20(28,12-27)21(22,23)24)14-7-9-15(29-2)10-8-14/h3-11,19,26-28H,12H2,1-2H3. The van der Waals surface area contributed by atoms with Gasteiger partial charge in [0.05, 0.1) is 25.3 Å². The summed E-state index contributed by atoms with van der Waals surface area (Å²) in [6.07, 6.45) is -5.08. The zero-order valence-electron chi connectivity index (χ0n) is 15.9. The number of aliphatic hydroxyl groups is 2. The number of benzene rings is 2. The molecule has 2 atom stereocenters. The fourth-order valence-corrected chi connectivity index (χ4v) is 3.16. The van der Waals surface area contributed by atoms with E-state index >= 15 is 0 Å². The van der Waals surface area contributed by atoms with Crippen molar-refractivity contribution in [1.82, 2.24) is 4.98 Å². The molecule has 0 radical (unpaired) electrons. The number of ether oxygens (including phenoxy) is 1. The molecular formula is C21H21F3N2O3. The smallest absolute Gasteiger partial charge is 0.421 e. The van der Waals surface area contributed by atoms with Crippen LogP contribution in [0.4, 0.5) is 18.9 Å². The van der Waals surface area contributed by atoms with E-state index < -0.39 is 24.4 Å². The third-order valence-corrected chi connectivity index (χ3v) is 4.83. The van der Waals surface area contributed by atoms with Crippen LogP contribution in [-0.4, -0.2) is 40.7 Å². The Balaban J connectivity index is 2.13. The summed E-state index contributed by atoms with van der Waals surface area (Å²) in [5.41, 5.74) is -1.56. The van der Waals surface area contributed by atoms with Crippen LogP contribution in [0.15, 0.2) is 54.6 Å². The maximum atomic E-state index is 13.8. The number of nitrogens with zero attached hydrogens (tertiary/aromatic N) is 1. The quantitative estimate of drug-likeness (QED) is 0.577. The van der Waals surface area contributed by atoms with Gasteiger partial charge in [-0.2, -0.15) is 13.2 Å². The molecule has 5 nitrogen and oxygen atoms in total. The summed E-state index contributed by atoms with van der Waals surface area (Å²) in [5.74, 6) is 0.455. The molecule has 3 rings (SSSR count). The van der Waals surface area contributed by atoms with Gasteiger partial charge in [0.1, 0.15) is 5.75 Å². The van der Waals surface area contributed by atoms with Gasteiger partial charge < -0.3 is 20.3 Å². The minimum Gasteiger partial charge on any atom is -0.497 e. The maximum Gasteiger partial charge on any atom is 0.421 e. The van der Waals surface area contributed by atoms with E-state index in [1.165, 1.54) is 31.4 Å². The van der Waals surface area contributed by atoms with Crippen molar-refractivity contribution in [3.63, 3.8) is 0 Å². The van der Waals surface area contributed by atoms with Crippen molar-refractivity contribution in [1.29, 1.82) is 0 Å². The average Bonchev–Trinajstić information content (AvgIpc) is 2.70. The highest BCUT2D eigenvalue weighted by atomic mass is 19.4. The number of rotatable bonds is 6. The number of methoxy groups -OCH3 is 1. The van der Waals surface area contributed by atoms with Crippen LogP contribution < -0.4 is 10.1 Å². The largest absolute Gasteiger partial charge is 0.497 e. The Morgan fingerprint density at radius 3 is 2.34 bits per heavy atom. The summed E-state index contributed by atoms with van der Waals surface area (Å²) in [7, 11) is 1.44. The van der Waals surface area contributed by atoms with Crippen molar-refractivity contribution in [2.75, 3.05) is 19.0 Å². The first-order chi connectivity index (χ1) is 13.7. The molecule has 0 aliphatic rings. The SMILES string of the molecule is COc1ccc(C(Nc2cccc3nc(C)ccc23)C(O)(CO)C(F)(F)F)cc1. The van der Waals surface area contributed by atoms with Gasteiger partial charge in [-0.05, 0) is 48.9 Å². The Bertz CT molecular complexity index is 993. The van der Waals surface area contributed by atoms with Gasteiger partial charge >= 0.3 is 6.18 Å². The van der Waals surface area contributed by atoms with Crippen molar-refractivity contribution in [2.45, 2.75) is 24.7 Å². The summed E-state index contributed by atoms with van der Waals surface area (Å²) in [6, 6.07) is 12.6. The molecule has 0 saturated heterocycles. The minimum absolute atomic E-state index is 0.136. The molecule has 0 aliphatic heterocycles. The monoisotopic (exact) mass is 406 g/mol. The van der Waals surface area contributed by atoms with E-state index in [1.54, 1.807) is 30.3 Å². The fourth-order valence-electron chi connectivity index (χ4n) is 3.16. The molecule has 8 heteroatoms. The van der Waals surface area contributed by atoms with Crippen LogP contribution in [0.1, 0.15) is 17.3 Å². The normalized spacial score (nSPS) is 15.0. The lowest BCUT2D eigenvalue weighted by molar-refractivity contribution is -0.277. The van der Waals surface area contributed by atoms with E-state index in [1.807, 2.05) is 6.92 Å². The van der Waals surface area contributed by atoms with E-state index in [-0.39, 0.29) is 5.56 Å². The molecule has 154 valence electrons. The summed E-state index contributed by atoms with van der Waals surface area (Å²) in [5, 5.41) is 23.4. The Hall–Kier alpha value is -2.84. The number of halogens is 3. The number of aryl methyl sites for hydroxylation is 1. The lowest BCUT2D eigenvalue weighted by Crippen LogP contribution is -2.55. The van der Waals surface area contributed by atoms with Gasteiger partial charge in [-0.25, -0.2) is 0 Å². The van der Waals surface area contributed by atoms with Gasteiger partial charge in [0, 0.05) is 16.8 Å². The highest BCUT2D eigenvalue weighted by molar-refractivity contribution is 5.91. The number of aromatic nitrogens is 1. The molecule has 29 heavy (non-hydrogen) atoms.